The minimum absolute atomic E-state index is 0.648. The second kappa shape index (κ2) is 9.86. The lowest BCUT2D eigenvalue weighted by Gasteiger charge is -2.16. The summed E-state index contributed by atoms with van der Waals surface area (Å²) in [7, 11) is 0. The molecule has 1 aliphatic heterocycles. The summed E-state index contributed by atoms with van der Waals surface area (Å²) in [6.45, 7) is 9.22. The maximum Gasteiger partial charge on any atom is 0.0517 e. The van der Waals surface area contributed by atoms with Gasteiger partial charge >= 0.3 is 0 Å². The molecule has 1 saturated heterocycles. The summed E-state index contributed by atoms with van der Waals surface area (Å²) < 4.78 is 11.0. The first-order valence-electron chi connectivity index (χ1n) is 7.25. The van der Waals surface area contributed by atoms with Crippen molar-refractivity contribution in [3.8, 4) is 0 Å². The molecule has 0 aromatic rings. The monoisotopic (exact) mass is 243 g/mol. The molecule has 1 aliphatic rings. The first-order valence-corrected chi connectivity index (χ1v) is 7.25. The summed E-state index contributed by atoms with van der Waals surface area (Å²) in [5.41, 5.74) is 0. The lowest BCUT2D eigenvalue weighted by Crippen LogP contribution is -2.29. The van der Waals surface area contributed by atoms with Gasteiger partial charge in [-0.1, -0.05) is 13.8 Å². The predicted molar refractivity (Wildman–Crippen MR) is 71.4 cm³/mol. The Balaban J connectivity index is 1.90. The lowest BCUT2D eigenvalue weighted by molar-refractivity contribution is 0.0860. The van der Waals surface area contributed by atoms with E-state index in [2.05, 4.69) is 19.2 Å². The molecule has 1 rings (SSSR count). The van der Waals surface area contributed by atoms with Crippen molar-refractivity contribution in [1.29, 1.82) is 0 Å². The van der Waals surface area contributed by atoms with Crippen LogP contribution in [0, 0.1) is 5.92 Å². The van der Waals surface area contributed by atoms with Crippen LogP contribution < -0.4 is 5.32 Å². The van der Waals surface area contributed by atoms with E-state index in [4.69, 9.17) is 9.47 Å². The Morgan fingerprint density at radius 2 is 2.29 bits per heavy atom. The first kappa shape index (κ1) is 14.9. The second-order valence-corrected chi connectivity index (χ2v) is 5.01. The van der Waals surface area contributed by atoms with Crippen LogP contribution in [-0.2, 0) is 9.47 Å². The first-order chi connectivity index (χ1) is 8.36. The van der Waals surface area contributed by atoms with Crippen molar-refractivity contribution in [2.75, 3.05) is 33.0 Å². The van der Waals surface area contributed by atoms with Gasteiger partial charge in [-0.05, 0) is 38.6 Å². The fourth-order valence-corrected chi connectivity index (χ4v) is 2.20. The van der Waals surface area contributed by atoms with Gasteiger partial charge in [0.1, 0.15) is 0 Å². The molecule has 0 aliphatic carbocycles. The van der Waals surface area contributed by atoms with Crippen LogP contribution in [-0.4, -0.2) is 39.0 Å². The molecule has 2 atom stereocenters. The molecule has 17 heavy (non-hydrogen) atoms. The van der Waals surface area contributed by atoms with Gasteiger partial charge in [0.05, 0.1) is 13.2 Å². The van der Waals surface area contributed by atoms with Crippen LogP contribution in [0.15, 0.2) is 0 Å². The standard InChI is InChI=1S/C14H29NO2/c1-3-8-15-14(4-2)6-5-9-16-11-13-7-10-17-12-13/h13-15H,3-12H2,1-2H3. The number of nitrogens with one attached hydrogen (secondary N) is 1. The Hall–Kier alpha value is -0.120. The molecular formula is C14H29NO2. The maximum atomic E-state index is 5.71. The summed E-state index contributed by atoms with van der Waals surface area (Å²) in [5.74, 6) is 0.648. The van der Waals surface area contributed by atoms with E-state index in [1.807, 2.05) is 0 Å². The maximum absolute atomic E-state index is 5.71. The molecular weight excluding hydrogens is 214 g/mol. The highest BCUT2D eigenvalue weighted by Crippen LogP contribution is 2.12. The van der Waals surface area contributed by atoms with Crippen molar-refractivity contribution in [2.45, 2.75) is 52.0 Å². The van der Waals surface area contributed by atoms with Crippen LogP contribution in [0.4, 0.5) is 0 Å². The second-order valence-electron chi connectivity index (χ2n) is 5.01. The summed E-state index contributed by atoms with van der Waals surface area (Å²) in [4.78, 5) is 0. The van der Waals surface area contributed by atoms with E-state index >= 15 is 0 Å². The summed E-state index contributed by atoms with van der Waals surface area (Å²) >= 11 is 0. The predicted octanol–water partition coefficient (Wildman–Crippen LogP) is 2.60. The molecule has 0 aromatic heterocycles. The number of hydrogen-bond donors (Lipinski definition) is 1. The number of ether oxygens (including phenoxy) is 2. The van der Waals surface area contributed by atoms with E-state index in [1.165, 1.54) is 32.1 Å². The van der Waals surface area contributed by atoms with Gasteiger partial charge in [-0.15, -0.1) is 0 Å². The zero-order valence-electron chi connectivity index (χ0n) is 11.5. The van der Waals surface area contributed by atoms with Gasteiger partial charge in [-0.2, -0.15) is 0 Å². The van der Waals surface area contributed by atoms with Crippen LogP contribution in [0.5, 0.6) is 0 Å². The van der Waals surface area contributed by atoms with E-state index in [0.29, 0.717) is 12.0 Å². The van der Waals surface area contributed by atoms with Crippen LogP contribution in [0.1, 0.15) is 46.0 Å². The van der Waals surface area contributed by atoms with Gasteiger partial charge in [0.15, 0.2) is 0 Å². The highest BCUT2D eigenvalue weighted by atomic mass is 16.5. The Kier molecular flexibility index (Phi) is 8.67. The molecule has 0 saturated carbocycles. The normalized spacial score (nSPS) is 21.9. The Morgan fingerprint density at radius 1 is 1.41 bits per heavy atom. The summed E-state index contributed by atoms with van der Waals surface area (Å²) in [6.07, 6.45) is 6.02. The average molecular weight is 243 g/mol. The minimum atomic E-state index is 0.648. The van der Waals surface area contributed by atoms with Crippen molar-refractivity contribution < 1.29 is 9.47 Å². The molecule has 3 heteroatoms. The molecule has 0 spiro atoms. The van der Waals surface area contributed by atoms with Crippen LogP contribution >= 0.6 is 0 Å². The van der Waals surface area contributed by atoms with Crippen molar-refractivity contribution in [1.82, 2.24) is 5.32 Å². The Bertz CT molecular complexity index is 170. The van der Waals surface area contributed by atoms with E-state index in [1.54, 1.807) is 0 Å². The molecule has 3 nitrogen and oxygen atoms in total. The van der Waals surface area contributed by atoms with Gasteiger partial charge in [-0.25, -0.2) is 0 Å². The van der Waals surface area contributed by atoms with Crippen LogP contribution in [0.25, 0.3) is 0 Å². The highest BCUT2D eigenvalue weighted by Gasteiger charge is 2.15. The number of hydrogen-bond acceptors (Lipinski definition) is 3. The third-order valence-electron chi connectivity index (χ3n) is 3.39. The number of rotatable bonds is 10. The SMILES string of the molecule is CCCNC(CC)CCCOCC1CCOC1. The zero-order valence-corrected chi connectivity index (χ0v) is 11.5. The van der Waals surface area contributed by atoms with Crippen molar-refractivity contribution in [3.05, 3.63) is 0 Å². The fourth-order valence-electron chi connectivity index (χ4n) is 2.20. The molecule has 1 N–H and O–H groups in total. The van der Waals surface area contributed by atoms with Crippen LogP contribution in [0.3, 0.4) is 0 Å². The Labute approximate surface area is 106 Å². The van der Waals surface area contributed by atoms with Gasteiger partial charge in [0.2, 0.25) is 0 Å². The van der Waals surface area contributed by atoms with E-state index in [-0.39, 0.29) is 0 Å². The average Bonchev–Trinajstić information content (AvgIpc) is 2.85. The third kappa shape index (κ3) is 7.02. The van der Waals surface area contributed by atoms with Crippen molar-refractivity contribution in [3.63, 3.8) is 0 Å². The lowest BCUT2D eigenvalue weighted by atomic mass is 10.1. The van der Waals surface area contributed by atoms with Gasteiger partial charge in [0, 0.05) is 25.2 Å². The van der Waals surface area contributed by atoms with E-state index in [9.17, 15) is 0 Å². The molecule has 0 radical (unpaired) electrons. The molecule has 2 unspecified atom stereocenters. The topological polar surface area (TPSA) is 30.5 Å². The summed E-state index contributed by atoms with van der Waals surface area (Å²) in [5, 5.41) is 3.58. The Morgan fingerprint density at radius 3 is 2.94 bits per heavy atom. The van der Waals surface area contributed by atoms with Crippen LogP contribution in [0.2, 0.25) is 0 Å². The van der Waals surface area contributed by atoms with E-state index < -0.39 is 0 Å². The molecule has 0 amide bonds. The van der Waals surface area contributed by atoms with Crippen molar-refractivity contribution >= 4 is 0 Å². The molecule has 1 heterocycles. The molecule has 0 aromatic carbocycles. The summed E-state index contributed by atoms with van der Waals surface area (Å²) in [6, 6.07) is 0.674. The van der Waals surface area contributed by atoms with Gasteiger partial charge in [0.25, 0.3) is 0 Å². The molecule has 102 valence electrons. The van der Waals surface area contributed by atoms with Crippen molar-refractivity contribution in [2.24, 2.45) is 5.92 Å². The molecule has 0 bridgehead atoms. The third-order valence-corrected chi connectivity index (χ3v) is 3.39. The zero-order chi connectivity index (χ0) is 12.3. The van der Waals surface area contributed by atoms with Gasteiger partial charge in [-0.3, -0.25) is 0 Å². The molecule has 1 fully saturated rings. The van der Waals surface area contributed by atoms with Gasteiger partial charge < -0.3 is 14.8 Å². The highest BCUT2D eigenvalue weighted by molar-refractivity contribution is 4.65. The fraction of sp³-hybridized carbons (Fsp3) is 1.00. The quantitative estimate of drug-likeness (QED) is 0.598. The minimum Gasteiger partial charge on any atom is -0.381 e. The largest absolute Gasteiger partial charge is 0.381 e. The van der Waals surface area contributed by atoms with E-state index in [0.717, 1.165) is 33.0 Å². The smallest absolute Gasteiger partial charge is 0.0517 e.